The fourth-order valence-corrected chi connectivity index (χ4v) is 4.96. The fourth-order valence-electron chi connectivity index (χ4n) is 4.96. The topological polar surface area (TPSA) is 0 Å². The zero-order chi connectivity index (χ0) is 18.1. The Hall–Kier alpha value is -1.82. The first kappa shape index (κ1) is 17.6. The molecule has 0 saturated carbocycles. The Kier molecular flexibility index (Phi) is 5.02. The largest absolute Gasteiger partial charge is 0.0687 e. The number of hydrogen-bond acceptors (Lipinski definition) is 0. The Balaban J connectivity index is 1.57. The van der Waals surface area contributed by atoms with Crippen molar-refractivity contribution in [2.75, 3.05) is 0 Å². The van der Waals surface area contributed by atoms with E-state index in [4.69, 9.17) is 0 Å². The van der Waals surface area contributed by atoms with E-state index in [0.717, 1.165) is 0 Å². The van der Waals surface area contributed by atoms with E-state index in [2.05, 4.69) is 57.2 Å². The average molecular weight is 345 g/mol. The summed E-state index contributed by atoms with van der Waals surface area (Å²) in [7, 11) is 0. The molecular weight excluding hydrogens is 312 g/mol. The maximum absolute atomic E-state index is 2.54. The molecule has 0 aromatic heterocycles. The van der Waals surface area contributed by atoms with E-state index in [0.29, 0.717) is 5.92 Å². The highest BCUT2D eigenvalue weighted by Gasteiger charge is 2.33. The second-order valence-corrected chi connectivity index (χ2v) is 8.43. The molecule has 0 bridgehead atoms. The molecule has 0 saturated heterocycles. The third-order valence-electron chi connectivity index (χ3n) is 6.39. The first-order chi connectivity index (χ1) is 12.7. The van der Waals surface area contributed by atoms with E-state index in [1.165, 1.54) is 79.2 Å². The van der Waals surface area contributed by atoms with Crippen LogP contribution >= 0.6 is 0 Å². The first-order valence-corrected chi connectivity index (χ1v) is 10.6. The van der Waals surface area contributed by atoms with Gasteiger partial charge in [-0.15, -0.1) is 0 Å². The van der Waals surface area contributed by atoms with Crippen LogP contribution in [0.25, 0.3) is 17.2 Å². The molecular formula is C26H32. The summed E-state index contributed by atoms with van der Waals surface area (Å²) in [6, 6.07) is 11.7. The van der Waals surface area contributed by atoms with Crippen LogP contribution in [0.15, 0.2) is 35.9 Å². The average Bonchev–Trinajstić information content (AvgIpc) is 2.95. The molecule has 0 nitrogen and oxygen atoms in total. The second-order valence-electron chi connectivity index (χ2n) is 8.43. The molecule has 0 amide bonds. The molecule has 0 radical (unpaired) electrons. The molecule has 0 heterocycles. The molecule has 2 aliphatic carbocycles. The van der Waals surface area contributed by atoms with Crippen molar-refractivity contribution < 1.29 is 0 Å². The Morgan fingerprint density at radius 2 is 1.65 bits per heavy atom. The fraction of sp³-hybridized carbons (Fsp3) is 0.462. The summed E-state index contributed by atoms with van der Waals surface area (Å²) in [5, 5.41) is 0. The molecule has 136 valence electrons. The number of benzene rings is 2. The molecule has 26 heavy (non-hydrogen) atoms. The third kappa shape index (κ3) is 3.15. The summed E-state index contributed by atoms with van der Waals surface area (Å²) in [5.74, 6) is 0.592. The number of allylic oxidation sites excluding steroid dienone is 1. The summed E-state index contributed by atoms with van der Waals surface area (Å²) in [6.45, 7) is 6.80. The van der Waals surface area contributed by atoms with E-state index in [-0.39, 0.29) is 0 Å². The van der Waals surface area contributed by atoms with Gasteiger partial charge in [0, 0.05) is 5.92 Å². The van der Waals surface area contributed by atoms with Gasteiger partial charge in [0.2, 0.25) is 0 Å². The molecule has 0 heteroatoms. The van der Waals surface area contributed by atoms with Gasteiger partial charge in [0.15, 0.2) is 0 Å². The van der Waals surface area contributed by atoms with Crippen LogP contribution in [0, 0.1) is 13.8 Å². The van der Waals surface area contributed by atoms with Crippen molar-refractivity contribution >= 4 is 6.08 Å². The first-order valence-electron chi connectivity index (χ1n) is 10.6. The van der Waals surface area contributed by atoms with Gasteiger partial charge in [0.25, 0.3) is 0 Å². The van der Waals surface area contributed by atoms with Crippen LogP contribution in [-0.2, 0) is 0 Å². The highest BCUT2D eigenvalue weighted by molar-refractivity contribution is 5.85. The van der Waals surface area contributed by atoms with Crippen molar-refractivity contribution in [3.63, 3.8) is 0 Å². The lowest BCUT2D eigenvalue weighted by atomic mass is 9.79. The quantitative estimate of drug-likeness (QED) is 0.447. The summed E-state index contributed by atoms with van der Waals surface area (Å²) in [4.78, 5) is 0. The van der Waals surface area contributed by atoms with Gasteiger partial charge in [-0.05, 0) is 66.5 Å². The minimum atomic E-state index is 0.592. The van der Waals surface area contributed by atoms with Crippen LogP contribution < -0.4 is 0 Å². The molecule has 1 atom stereocenters. The van der Waals surface area contributed by atoms with Gasteiger partial charge in [-0.3, -0.25) is 0 Å². The monoisotopic (exact) mass is 344 g/mol. The summed E-state index contributed by atoms with van der Waals surface area (Å²) < 4.78 is 0. The minimum Gasteiger partial charge on any atom is -0.0687 e. The summed E-state index contributed by atoms with van der Waals surface area (Å²) in [5.41, 5.74) is 12.2. The number of hydrogen-bond donors (Lipinski definition) is 0. The zero-order valence-corrected chi connectivity index (χ0v) is 16.7. The van der Waals surface area contributed by atoms with Crippen LogP contribution in [0.5, 0.6) is 0 Å². The lowest BCUT2D eigenvalue weighted by Gasteiger charge is -2.25. The van der Waals surface area contributed by atoms with Crippen LogP contribution in [-0.4, -0.2) is 0 Å². The van der Waals surface area contributed by atoms with Gasteiger partial charge >= 0.3 is 0 Å². The van der Waals surface area contributed by atoms with Gasteiger partial charge in [0.1, 0.15) is 0 Å². The maximum Gasteiger partial charge on any atom is 0.0145 e. The molecule has 0 N–H and O–H groups in total. The third-order valence-corrected chi connectivity index (χ3v) is 6.39. The van der Waals surface area contributed by atoms with Gasteiger partial charge in [0.05, 0.1) is 0 Å². The summed E-state index contributed by atoms with van der Waals surface area (Å²) >= 11 is 0. The lowest BCUT2D eigenvalue weighted by molar-refractivity contribution is 0.599. The predicted octanol–water partition coefficient (Wildman–Crippen LogP) is 7.95. The predicted molar refractivity (Wildman–Crippen MR) is 114 cm³/mol. The molecule has 0 fully saturated rings. The molecule has 0 spiro atoms. The number of unbranched alkanes of at least 4 members (excludes halogenated alkanes) is 5. The smallest absolute Gasteiger partial charge is 0.0145 e. The van der Waals surface area contributed by atoms with Crippen LogP contribution in [0.3, 0.4) is 0 Å². The number of rotatable bonds is 7. The molecule has 4 rings (SSSR count). The maximum atomic E-state index is 2.54. The highest BCUT2D eigenvalue weighted by Crippen LogP contribution is 2.52. The van der Waals surface area contributed by atoms with Crippen LogP contribution in [0.4, 0.5) is 0 Å². The standard InChI is InChI=1S/C26H32/c1-4-5-6-7-8-9-10-20-16-23-19(3)12-14-22-21-13-11-18(2)15-24(21)25(17-20)26(22)23/h11-16,25H,4-10,17H2,1-3H3. The van der Waals surface area contributed by atoms with Crippen molar-refractivity contribution in [2.24, 2.45) is 0 Å². The zero-order valence-electron chi connectivity index (χ0n) is 16.7. The molecule has 2 aromatic rings. The minimum absolute atomic E-state index is 0.592. The van der Waals surface area contributed by atoms with E-state index in [1.54, 1.807) is 16.7 Å². The van der Waals surface area contributed by atoms with Crippen molar-refractivity contribution in [3.8, 4) is 11.1 Å². The van der Waals surface area contributed by atoms with Gasteiger partial charge in [-0.2, -0.15) is 0 Å². The number of aryl methyl sites for hydroxylation is 2. The van der Waals surface area contributed by atoms with Gasteiger partial charge in [-0.25, -0.2) is 0 Å². The molecule has 0 aliphatic heterocycles. The second kappa shape index (κ2) is 7.43. The van der Waals surface area contributed by atoms with Crippen molar-refractivity contribution in [1.82, 2.24) is 0 Å². The molecule has 1 unspecified atom stereocenters. The SMILES string of the molecule is CCCCCCCCC1=Cc2c(C)ccc3c2C(C1)c1cc(C)ccc1-3. The van der Waals surface area contributed by atoms with Crippen LogP contribution in [0.1, 0.15) is 92.0 Å². The van der Waals surface area contributed by atoms with E-state index in [1.807, 2.05) is 0 Å². The van der Waals surface area contributed by atoms with E-state index >= 15 is 0 Å². The Labute approximate surface area is 159 Å². The van der Waals surface area contributed by atoms with Gasteiger partial charge in [-0.1, -0.05) is 86.6 Å². The Bertz CT molecular complexity index is 837. The Morgan fingerprint density at radius 1 is 0.885 bits per heavy atom. The number of fused-ring (bicyclic) bond motifs is 3. The highest BCUT2D eigenvalue weighted by atomic mass is 14.4. The van der Waals surface area contributed by atoms with Gasteiger partial charge < -0.3 is 0 Å². The van der Waals surface area contributed by atoms with Crippen molar-refractivity contribution in [1.29, 1.82) is 0 Å². The molecule has 2 aromatic carbocycles. The van der Waals surface area contributed by atoms with Crippen molar-refractivity contribution in [2.45, 2.75) is 78.1 Å². The van der Waals surface area contributed by atoms with Crippen molar-refractivity contribution in [3.05, 3.63) is 63.7 Å². The molecule has 2 aliphatic rings. The van der Waals surface area contributed by atoms with Crippen LogP contribution in [0.2, 0.25) is 0 Å². The normalized spacial score (nSPS) is 17.0. The van der Waals surface area contributed by atoms with E-state index < -0.39 is 0 Å². The summed E-state index contributed by atoms with van der Waals surface area (Å²) in [6.07, 6.45) is 13.4. The lowest BCUT2D eigenvalue weighted by Crippen LogP contribution is -2.07. The van der Waals surface area contributed by atoms with E-state index in [9.17, 15) is 0 Å². The Morgan fingerprint density at radius 3 is 2.50 bits per heavy atom.